The van der Waals surface area contributed by atoms with Gasteiger partial charge in [-0.2, -0.15) is 4.72 Å². The minimum Gasteiger partial charge on any atom is -0.353 e. The third-order valence-electron chi connectivity index (χ3n) is 2.72. The van der Waals surface area contributed by atoms with Gasteiger partial charge in [0.2, 0.25) is 15.9 Å². The first kappa shape index (κ1) is 16.7. The summed E-state index contributed by atoms with van der Waals surface area (Å²) in [6, 6.07) is 7.21. The number of hydrogen-bond donors (Lipinski definition) is 2. The molecule has 0 aliphatic rings. The van der Waals surface area contributed by atoms with Crippen LogP contribution in [0.2, 0.25) is 0 Å². The van der Waals surface area contributed by atoms with Crippen molar-refractivity contribution < 1.29 is 13.2 Å². The van der Waals surface area contributed by atoms with E-state index in [9.17, 15) is 13.2 Å². The summed E-state index contributed by atoms with van der Waals surface area (Å²) in [5, 5.41) is 2.73. The van der Waals surface area contributed by atoms with E-state index in [0.717, 1.165) is 0 Å². The number of carbonyl (C=O) groups is 1. The summed E-state index contributed by atoms with van der Waals surface area (Å²) in [6.07, 6.45) is 0. The number of carbonyl (C=O) groups excluding carboxylic acids is 1. The molecule has 2 N–H and O–H groups in total. The fourth-order valence-corrected chi connectivity index (χ4v) is 3.07. The zero-order valence-electron chi connectivity index (χ0n) is 12.3. The highest BCUT2D eigenvalue weighted by atomic mass is 32.2. The van der Waals surface area contributed by atoms with Crippen LogP contribution in [0.25, 0.3) is 0 Å². The van der Waals surface area contributed by atoms with Crippen molar-refractivity contribution in [3.63, 3.8) is 0 Å². The van der Waals surface area contributed by atoms with Crippen LogP contribution in [0, 0.1) is 5.92 Å². The quantitative estimate of drug-likeness (QED) is 0.836. The summed E-state index contributed by atoms with van der Waals surface area (Å²) in [6.45, 7) is 7.28. The van der Waals surface area contributed by atoms with Gasteiger partial charge in [-0.3, -0.25) is 4.79 Å². The maximum absolute atomic E-state index is 12.2. The molecule has 1 atom stereocenters. The van der Waals surface area contributed by atoms with Crippen molar-refractivity contribution in [1.29, 1.82) is 0 Å². The SMILES string of the molecule is CC(C)NC(=O)[C@@H](NS(=O)(=O)c1ccccc1)C(C)C. The summed E-state index contributed by atoms with van der Waals surface area (Å²) < 4.78 is 27.0. The lowest BCUT2D eigenvalue weighted by molar-refractivity contribution is -0.124. The number of amides is 1. The molecule has 0 saturated heterocycles. The smallest absolute Gasteiger partial charge is 0.241 e. The van der Waals surface area contributed by atoms with E-state index in [1.165, 1.54) is 12.1 Å². The van der Waals surface area contributed by atoms with Gasteiger partial charge in [-0.1, -0.05) is 32.0 Å². The van der Waals surface area contributed by atoms with Gasteiger partial charge in [0.15, 0.2) is 0 Å². The molecule has 0 aromatic heterocycles. The number of nitrogens with one attached hydrogen (secondary N) is 2. The molecule has 0 bridgehead atoms. The van der Waals surface area contributed by atoms with Crippen molar-refractivity contribution in [2.24, 2.45) is 5.92 Å². The Labute approximate surface area is 120 Å². The van der Waals surface area contributed by atoms with Crippen LogP contribution >= 0.6 is 0 Å². The van der Waals surface area contributed by atoms with Crippen molar-refractivity contribution in [3.8, 4) is 0 Å². The van der Waals surface area contributed by atoms with Gasteiger partial charge in [0, 0.05) is 6.04 Å². The van der Waals surface area contributed by atoms with E-state index in [-0.39, 0.29) is 22.8 Å². The molecule has 0 fully saturated rings. The first-order valence-corrected chi connectivity index (χ1v) is 8.10. The average molecular weight is 298 g/mol. The predicted molar refractivity (Wildman–Crippen MR) is 78.7 cm³/mol. The minimum absolute atomic E-state index is 0.0371. The lowest BCUT2D eigenvalue weighted by Gasteiger charge is -2.22. The van der Waals surface area contributed by atoms with Crippen molar-refractivity contribution >= 4 is 15.9 Å². The van der Waals surface area contributed by atoms with E-state index in [0.29, 0.717) is 0 Å². The van der Waals surface area contributed by atoms with Crippen LogP contribution in [0.4, 0.5) is 0 Å². The molecule has 0 spiro atoms. The Balaban J connectivity index is 2.94. The van der Waals surface area contributed by atoms with E-state index >= 15 is 0 Å². The molecule has 0 saturated carbocycles. The van der Waals surface area contributed by atoms with Crippen molar-refractivity contribution in [2.45, 2.75) is 44.7 Å². The lowest BCUT2D eigenvalue weighted by atomic mass is 10.0. The second-order valence-corrected chi connectivity index (χ2v) is 7.03. The third-order valence-corrected chi connectivity index (χ3v) is 4.17. The monoisotopic (exact) mass is 298 g/mol. The molecule has 0 aliphatic heterocycles. The summed E-state index contributed by atoms with van der Waals surface area (Å²) in [4.78, 5) is 12.2. The van der Waals surface area contributed by atoms with Crippen LogP contribution in [-0.4, -0.2) is 26.4 Å². The molecule has 1 aromatic carbocycles. The largest absolute Gasteiger partial charge is 0.353 e. The molecule has 1 aromatic rings. The fraction of sp³-hybridized carbons (Fsp3) is 0.500. The second-order valence-electron chi connectivity index (χ2n) is 5.32. The molecule has 6 heteroatoms. The summed E-state index contributed by atoms with van der Waals surface area (Å²) >= 11 is 0. The third kappa shape index (κ3) is 4.61. The van der Waals surface area contributed by atoms with Gasteiger partial charge in [0.25, 0.3) is 0 Å². The van der Waals surface area contributed by atoms with E-state index in [2.05, 4.69) is 10.0 Å². The molecule has 112 valence electrons. The van der Waals surface area contributed by atoms with E-state index < -0.39 is 16.1 Å². The van der Waals surface area contributed by atoms with Gasteiger partial charge >= 0.3 is 0 Å². The Hall–Kier alpha value is -1.40. The number of sulfonamides is 1. The van der Waals surface area contributed by atoms with Crippen molar-refractivity contribution in [3.05, 3.63) is 30.3 Å². The first-order valence-electron chi connectivity index (χ1n) is 6.62. The highest BCUT2D eigenvalue weighted by Crippen LogP contribution is 2.11. The molecule has 0 aliphatic carbocycles. The predicted octanol–water partition coefficient (Wildman–Crippen LogP) is 1.51. The summed E-state index contributed by atoms with van der Waals surface area (Å²) in [7, 11) is -3.70. The van der Waals surface area contributed by atoms with Crippen LogP contribution in [0.1, 0.15) is 27.7 Å². The van der Waals surface area contributed by atoms with Gasteiger partial charge < -0.3 is 5.32 Å². The maximum atomic E-state index is 12.2. The summed E-state index contributed by atoms with van der Waals surface area (Å²) in [5.41, 5.74) is 0. The Morgan fingerprint density at radius 3 is 2.05 bits per heavy atom. The second kappa shape index (κ2) is 6.85. The van der Waals surface area contributed by atoms with Crippen molar-refractivity contribution in [2.75, 3.05) is 0 Å². The number of rotatable bonds is 6. The van der Waals surface area contributed by atoms with Gasteiger partial charge in [-0.15, -0.1) is 0 Å². The highest BCUT2D eigenvalue weighted by Gasteiger charge is 2.28. The van der Waals surface area contributed by atoms with Gasteiger partial charge in [-0.25, -0.2) is 8.42 Å². The van der Waals surface area contributed by atoms with Gasteiger partial charge in [-0.05, 0) is 31.9 Å². The van der Waals surface area contributed by atoms with Crippen LogP contribution in [-0.2, 0) is 14.8 Å². The minimum atomic E-state index is -3.70. The highest BCUT2D eigenvalue weighted by molar-refractivity contribution is 7.89. The number of hydrogen-bond acceptors (Lipinski definition) is 3. The first-order chi connectivity index (χ1) is 9.24. The molecule has 1 rings (SSSR count). The molecule has 0 heterocycles. The van der Waals surface area contributed by atoms with Crippen LogP contribution < -0.4 is 10.0 Å². The molecule has 0 radical (unpaired) electrons. The fourth-order valence-electron chi connectivity index (χ4n) is 1.70. The molecule has 1 amide bonds. The zero-order valence-corrected chi connectivity index (χ0v) is 13.1. The van der Waals surface area contributed by atoms with Crippen LogP contribution in [0.5, 0.6) is 0 Å². The Bertz CT molecular complexity index is 539. The Morgan fingerprint density at radius 1 is 1.05 bits per heavy atom. The van der Waals surface area contributed by atoms with E-state index in [1.54, 1.807) is 32.0 Å². The average Bonchev–Trinajstić information content (AvgIpc) is 2.36. The maximum Gasteiger partial charge on any atom is 0.241 e. The molecular weight excluding hydrogens is 276 g/mol. The standard InChI is InChI=1S/C14H22N2O3S/c1-10(2)13(14(17)15-11(3)4)16-20(18,19)12-8-6-5-7-9-12/h5-11,13,16H,1-4H3,(H,15,17)/t13-/m0/s1. The molecule has 5 nitrogen and oxygen atoms in total. The van der Waals surface area contributed by atoms with E-state index in [1.807, 2.05) is 13.8 Å². The zero-order chi connectivity index (χ0) is 15.3. The van der Waals surface area contributed by atoms with Gasteiger partial charge in [0.05, 0.1) is 4.90 Å². The van der Waals surface area contributed by atoms with Crippen LogP contribution in [0.15, 0.2) is 35.2 Å². The summed E-state index contributed by atoms with van der Waals surface area (Å²) in [5.74, 6) is -0.457. The van der Waals surface area contributed by atoms with Crippen LogP contribution in [0.3, 0.4) is 0 Å². The molecular formula is C14H22N2O3S. The Kier molecular flexibility index (Phi) is 5.71. The number of benzene rings is 1. The Morgan fingerprint density at radius 2 is 1.60 bits per heavy atom. The topological polar surface area (TPSA) is 75.3 Å². The molecule has 20 heavy (non-hydrogen) atoms. The normalized spacial score (nSPS) is 13.5. The van der Waals surface area contributed by atoms with Gasteiger partial charge in [0.1, 0.15) is 6.04 Å². The van der Waals surface area contributed by atoms with E-state index in [4.69, 9.17) is 0 Å². The molecule has 0 unspecified atom stereocenters. The lowest BCUT2D eigenvalue weighted by Crippen LogP contribution is -2.51. The van der Waals surface area contributed by atoms with Crippen molar-refractivity contribution in [1.82, 2.24) is 10.0 Å².